The van der Waals surface area contributed by atoms with E-state index < -0.39 is 0 Å². The van der Waals surface area contributed by atoms with Gasteiger partial charge in [0.25, 0.3) is 5.56 Å². The van der Waals surface area contributed by atoms with E-state index in [4.69, 9.17) is 0 Å². The van der Waals surface area contributed by atoms with Crippen LogP contribution >= 0.6 is 11.8 Å². The summed E-state index contributed by atoms with van der Waals surface area (Å²) in [4.78, 5) is 28.7. The molecule has 0 aliphatic heterocycles. The van der Waals surface area contributed by atoms with E-state index in [1.807, 2.05) is 6.92 Å². The fourth-order valence-corrected chi connectivity index (χ4v) is 1.75. The molecule has 0 aliphatic rings. The highest BCUT2D eigenvalue weighted by molar-refractivity contribution is 7.99. The van der Waals surface area contributed by atoms with Crippen molar-refractivity contribution in [3.63, 3.8) is 0 Å². The molecule has 1 rings (SSSR count). The zero-order valence-electron chi connectivity index (χ0n) is 8.16. The number of carbonyl (C=O) groups excluding carboxylic acids is 1. The van der Waals surface area contributed by atoms with E-state index in [1.54, 1.807) is 6.92 Å². The van der Waals surface area contributed by atoms with Crippen LogP contribution in [0.5, 0.6) is 0 Å². The van der Waals surface area contributed by atoms with Crippen LogP contribution in [0, 0.1) is 6.92 Å². The summed E-state index contributed by atoms with van der Waals surface area (Å²) in [5, 5.41) is 0.511. The van der Waals surface area contributed by atoms with Gasteiger partial charge in [0.15, 0.2) is 5.16 Å². The van der Waals surface area contributed by atoms with Crippen molar-refractivity contribution in [3.05, 3.63) is 22.1 Å². The molecule has 0 spiro atoms. The van der Waals surface area contributed by atoms with Crippen LogP contribution in [0.3, 0.4) is 0 Å². The lowest BCUT2D eigenvalue weighted by atomic mass is 10.4. The van der Waals surface area contributed by atoms with Crippen molar-refractivity contribution in [1.82, 2.24) is 9.97 Å². The Morgan fingerprint density at radius 1 is 1.64 bits per heavy atom. The number of carbonyl (C=O) groups is 1. The van der Waals surface area contributed by atoms with Crippen LogP contribution in [0.4, 0.5) is 0 Å². The molecule has 76 valence electrons. The first-order valence-corrected chi connectivity index (χ1v) is 5.33. The first kappa shape index (κ1) is 11.0. The fourth-order valence-electron chi connectivity index (χ4n) is 0.871. The maximum atomic E-state index is 11.0. The van der Waals surface area contributed by atoms with E-state index in [0.717, 1.165) is 0 Å². The van der Waals surface area contributed by atoms with Gasteiger partial charge in [-0.15, -0.1) is 0 Å². The molecular formula is C9H12N2O2S. The third-order valence-electron chi connectivity index (χ3n) is 1.61. The fraction of sp³-hybridized carbons (Fsp3) is 0.444. The Morgan fingerprint density at radius 3 is 2.93 bits per heavy atom. The molecule has 1 heterocycles. The number of thioether (sulfide) groups is 1. The lowest BCUT2D eigenvalue weighted by Gasteiger charge is -1.99. The zero-order valence-corrected chi connectivity index (χ0v) is 8.98. The Morgan fingerprint density at radius 2 is 2.36 bits per heavy atom. The van der Waals surface area contributed by atoms with Gasteiger partial charge < -0.3 is 4.98 Å². The van der Waals surface area contributed by atoms with Crippen molar-refractivity contribution in [2.45, 2.75) is 25.4 Å². The van der Waals surface area contributed by atoms with E-state index in [9.17, 15) is 9.59 Å². The minimum absolute atomic E-state index is 0.152. The summed E-state index contributed by atoms with van der Waals surface area (Å²) in [6.07, 6.45) is 0.517. The Labute approximate surface area is 86.1 Å². The van der Waals surface area contributed by atoms with Crippen LogP contribution < -0.4 is 5.56 Å². The summed E-state index contributed by atoms with van der Waals surface area (Å²) < 4.78 is 0. The highest BCUT2D eigenvalue weighted by atomic mass is 32.2. The summed E-state index contributed by atoms with van der Waals surface area (Å²) >= 11 is 1.27. The molecule has 1 aromatic heterocycles. The Bertz CT molecular complexity index is 387. The number of rotatable bonds is 4. The largest absolute Gasteiger partial charge is 0.301 e. The van der Waals surface area contributed by atoms with E-state index in [2.05, 4.69) is 9.97 Å². The molecule has 0 saturated heterocycles. The molecule has 0 atom stereocenters. The number of hydrogen-bond donors (Lipinski definition) is 1. The molecular weight excluding hydrogens is 200 g/mol. The van der Waals surface area contributed by atoms with Gasteiger partial charge in [-0.2, -0.15) is 0 Å². The second-order valence-electron chi connectivity index (χ2n) is 2.87. The maximum Gasteiger partial charge on any atom is 0.251 e. The lowest BCUT2D eigenvalue weighted by molar-refractivity contribution is -0.116. The number of Topliss-reactive ketones (excluding diaryl/α,β-unsaturated/α-hetero) is 1. The molecule has 0 unspecified atom stereocenters. The van der Waals surface area contributed by atoms with Crippen molar-refractivity contribution < 1.29 is 4.79 Å². The first-order valence-electron chi connectivity index (χ1n) is 4.34. The zero-order chi connectivity index (χ0) is 10.6. The summed E-state index contributed by atoms with van der Waals surface area (Å²) in [6, 6.07) is 1.42. The monoisotopic (exact) mass is 212 g/mol. The molecule has 0 aromatic carbocycles. The van der Waals surface area contributed by atoms with Gasteiger partial charge in [-0.05, 0) is 6.92 Å². The SMILES string of the molecule is CCC(=O)CSc1nc(C)cc(=O)[nH]1. The van der Waals surface area contributed by atoms with Gasteiger partial charge in [-0.1, -0.05) is 18.7 Å². The maximum absolute atomic E-state index is 11.0. The summed E-state index contributed by atoms with van der Waals surface area (Å²) in [6.45, 7) is 3.57. The molecule has 0 bridgehead atoms. The third kappa shape index (κ3) is 3.33. The standard InChI is InChI=1S/C9H12N2O2S/c1-3-7(12)5-14-9-10-6(2)4-8(13)11-9/h4H,3,5H2,1-2H3,(H,10,11,13). The average Bonchev–Trinajstić information content (AvgIpc) is 2.12. The predicted molar refractivity (Wildman–Crippen MR) is 55.6 cm³/mol. The molecule has 1 N–H and O–H groups in total. The van der Waals surface area contributed by atoms with Gasteiger partial charge in [0, 0.05) is 18.2 Å². The highest BCUT2D eigenvalue weighted by Gasteiger charge is 2.02. The van der Waals surface area contributed by atoms with Gasteiger partial charge >= 0.3 is 0 Å². The number of nitrogens with zero attached hydrogens (tertiary/aromatic N) is 1. The minimum Gasteiger partial charge on any atom is -0.301 e. The number of H-pyrrole nitrogens is 1. The van der Waals surface area contributed by atoms with Gasteiger partial charge in [-0.3, -0.25) is 9.59 Å². The second-order valence-corrected chi connectivity index (χ2v) is 3.84. The smallest absolute Gasteiger partial charge is 0.251 e. The molecule has 5 heteroatoms. The van der Waals surface area contributed by atoms with E-state index in [-0.39, 0.29) is 11.3 Å². The van der Waals surface area contributed by atoms with E-state index >= 15 is 0 Å². The number of ketones is 1. The molecule has 14 heavy (non-hydrogen) atoms. The average molecular weight is 212 g/mol. The van der Waals surface area contributed by atoms with Crippen LogP contribution in [0.2, 0.25) is 0 Å². The lowest BCUT2D eigenvalue weighted by Crippen LogP contribution is -2.09. The molecule has 4 nitrogen and oxygen atoms in total. The van der Waals surface area contributed by atoms with Gasteiger partial charge in [-0.25, -0.2) is 4.98 Å². The van der Waals surface area contributed by atoms with E-state index in [1.165, 1.54) is 17.8 Å². The summed E-state index contributed by atoms with van der Waals surface area (Å²) in [7, 11) is 0. The quantitative estimate of drug-likeness (QED) is 0.600. The molecule has 0 amide bonds. The van der Waals surface area contributed by atoms with E-state index in [0.29, 0.717) is 23.0 Å². The first-order chi connectivity index (χ1) is 6.61. The van der Waals surface area contributed by atoms with Crippen molar-refractivity contribution in [1.29, 1.82) is 0 Å². The number of aryl methyl sites for hydroxylation is 1. The Kier molecular flexibility index (Phi) is 3.88. The van der Waals surface area contributed by atoms with Crippen LogP contribution in [0.1, 0.15) is 19.0 Å². The number of nitrogens with one attached hydrogen (secondary N) is 1. The second kappa shape index (κ2) is 4.95. The van der Waals surface area contributed by atoms with Crippen molar-refractivity contribution in [2.24, 2.45) is 0 Å². The van der Waals surface area contributed by atoms with Crippen molar-refractivity contribution in [3.8, 4) is 0 Å². The molecule has 0 fully saturated rings. The molecule has 0 aliphatic carbocycles. The molecule has 0 saturated carbocycles. The van der Waals surface area contributed by atoms with Crippen LogP contribution in [0.25, 0.3) is 0 Å². The summed E-state index contributed by atoms with van der Waals surface area (Å²) in [5.41, 5.74) is 0.490. The van der Waals surface area contributed by atoms with Crippen LogP contribution in [-0.2, 0) is 4.79 Å². The van der Waals surface area contributed by atoms with Gasteiger partial charge in [0.05, 0.1) is 5.75 Å². The van der Waals surface area contributed by atoms with Gasteiger partial charge in [0.2, 0.25) is 0 Å². The normalized spacial score (nSPS) is 10.1. The third-order valence-corrected chi connectivity index (χ3v) is 2.55. The van der Waals surface area contributed by atoms with Crippen LogP contribution in [-0.4, -0.2) is 21.5 Å². The van der Waals surface area contributed by atoms with Gasteiger partial charge in [0.1, 0.15) is 5.78 Å². The Balaban J connectivity index is 2.68. The number of aromatic amines is 1. The number of aromatic nitrogens is 2. The topological polar surface area (TPSA) is 62.8 Å². The van der Waals surface area contributed by atoms with Crippen LogP contribution in [0.15, 0.2) is 16.0 Å². The predicted octanol–water partition coefficient (Wildman–Crippen LogP) is 1.15. The minimum atomic E-state index is -0.177. The van der Waals surface area contributed by atoms with Crippen molar-refractivity contribution >= 4 is 17.5 Å². The highest BCUT2D eigenvalue weighted by Crippen LogP contribution is 2.11. The molecule has 0 radical (unpaired) electrons. The number of hydrogen-bond acceptors (Lipinski definition) is 4. The molecule has 1 aromatic rings. The Hall–Kier alpha value is -1.10. The summed E-state index contributed by atoms with van der Waals surface area (Å²) in [5.74, 6) is 0.516. The van der Waals surface area contributed by atoms with Crippen molar-refractivity contribution in [2.75, 3.05) is 5.75 Å².